The molecule has 4 nitrogen and oxygen atoms in total. The molecule has 0 unspecified atom stereocenters. The van der Waals surface area contributed by atoms with Gasteiger partial charge in [0.05, 0.1) is 5.69 Å². The lowest BCUT2D eigenvalue weighted by Crippen LogP contribution is -2.42. The SMILES string of the molecule is CC(C)(N)CNCc1ccccc1-n1cccn1. The Morgan fingerprint density at radius 1 is 1.28 bits per heavy atom. The average Bonchev–Trinajstić information content (AvgIpc) is 2.81. The maximum atomic E-state index is 5.95. The topological polar surface area (TPSA) is 55.9 Å². The first-order valence-corrected chi connectivity index (χ1v) is 6.14. The molecule has 0 aliphatic rings. The van der Waals surface area contributed by atoms with Crippen LogP contribution < -0.4 is 11.1 Å². The second kappa shape index (κ2) is 5.33. The van der Waals surface area contributed by atoms with Gasteiger partial charge in [-0.2, -0.15) is 5.10 Å². The third-order valence-corrected chi connectivity index (χ3v) is 2.64. The summed E-state index contributed by atoms with van der Waals surface area (Å²) in [5, 5.41) is 7.65. The summed E-state index contributed by atoms with van der Waals surface area (Å²) in [6.45, 7) is 5.59. The molecule has 0 atom stereocenters. The van der Waals surface area contributed by atoms with Crippen LogP contribution in [0.15, 0.2) is 42.7 Å². The Bertz CT molecular complexity index is 483. The van der Waals surface area contributed by atoms with E-state index in [-0.39, 0.29) is 5.54 Å². The van der Waals surface area contributed by atoms with E-state index in [1.165, 1.54) is 5.56 Å². The minimum atomic E-state index is -0.194. The van der Waals surface area contributed by atoms with Crippen molar-refractivity contribution in [2.75, 3.05) is 6.54 Å². The zero-order chi connectivity index (χ0) is 13.0. The number of aromatic nitrogens is 2. The van der Waals surface area contributed by atoms with Gasteiger partial charge in [-0.3, -0.25) is 0 Å². The minimum absolute atomic E-state index is 0.194. The Morgan fingerprint density at radius 3 is 2.72 bits per heavy atom. The molecule has 0 spiro atoms. The van der Waals surface area contributed by atoms with Crippen LogP contribution in [-0.4, -0.2) is 21.9 Å². The highest BCUT2D eigenvalue weighted by Crippen LogP contribution is 2.13. The van der Waals surface area contributed by atoms with Crippen LogP contribution in [0.4, 0.5) is 0 Å². The summed E-state index contributed by atoms with van der Waals surface area (Å²) in [4.78, 5) is 0. The van der Waals surface area contributed by atoms with E-state index in [1.54, 1.807) is 6.20 Å². The quantitative estimate of drug-likeness (QED) is 0.841. The summed E-state index contributed by atoms with van der Waals surface area (Å²) in [5.41, 5.74) is 8.07. The lowest BCUT2D eigenvalue weighted by molar-refractivity contribution is 0.466. The fourth-order valence-corrected chi connectivity index (χ4v) is 1.81. The highest BCUT2D eigenvalue weighted by Gasteiger charge is 2.10. The highest BCUT2D eigenvalue weighted by atomic mass is 15.3. The summed E-state index contributed by atoms with van der Waals surface area (Å²) in [5.74, 6) is 0. The Hall–Kier alpha value is -1.65. The Labute approximate surface area is 108 Å². The van der Waals surface area contributed by atoms with Gasteiger partial charge in [0.1, 0.15) is 0 Å². The molecule has 0 aliphatic carbocycles. The fourth-order valence-electron chi connectivity index (χ4n) is 1.81. The van der Waals surface area contributed by atoms with Crippen LogP contribution in [0.5, 0.6) is 0 Å². The second-order valence-electron chi connectivity index (χ2n) is 5.17. The number of rotatable bonds is 5. The highest BCUT2D eigenvalue weighted by molar-refractivity contribution is 5.40. The van der Waals surface area contributed by atoms with Crippen molar-refractivity contribution >= 4 is 0 Å². The molecule has 1 aromatic carbocycles. The van der Waals surface area contributed by atoms with E-state index in [4.69, 9.17) is 5.73 Å². The van der Waals surface area contributed by atoms with E-state index >= 15 is 0 Å². The van der Waals surface area contributed by atoms with Crippen molar-refractivity contribution in [2.45, 2.75) is 25.9 Å². The van der Waals surface area contributed by atoms with Crippen molar-refractivity contribution in [3.63, 3.8) is 0 Å². The number of para-hydroxylation sites is 1. The van der Waals surface area contributed by atoms with Crippen LogP contribution in [0.1, 0.15) is 19.4 Å². The van der Waals surface area contributed by atoms with Crippen LogP contribution in [0.25, 0.3) is 5.69 Å². The molecule has 96 valence electrons. The molecule has 2 aromatic rings. The number of nitrogens with zero attached hydrogens (tertiary/aromatic N) is 2. The first kappa shape index (κ1) is 12.8. The number of nitrogens with two attached hydrogens (primary N) is 1. The fraction of sp³-hybridized carbons (Fsp3) is 0.357. The van der Waals surface area contributed by atoms with Gasteiger partial charge in [-0.05, 0) is 31.5 Å². The minimum Gasteiger partial charge on any atom is -0.324 e. The predicted molar refractivity (Wildman–Crippen MR) is 73.5 cm³/mol. The zero-order valence-corrected chi connectivity index (χ0v) is 10.9. The van der Waals surface area contributed by atoms with E-state index < -0.39 is 0 Å². The van der Waals surface area contributed by atoms with Gasteiger partial charge in [0.2, 0.25) is 0 Å². The van der Waals surface area contributed by atoms with Crippen molar-refractivity contribution in [1.82, 2.24) is 15.1 Å². The van der Waals surface area contributed by atoms with Gasteiger partial charge < -0.3 is 11.1 Å². The van der Waals surface area contributed by atoms with Crippen LogP contribution in [0, 0.1) is 0 Å². The van der Waals surface area contributed by atoms with Gasteiger partial charge in [0, 0.05) is 31.0 Å². The first-order valence-electron chi connectivity index (χ1n) is 6.14. The summed E-state index contributed by atoms with van der Waals surface area (Å²) in [6.07, 6.45) is 3.74. The van der Waals surface area contributed by atoms with Crippen LogP contribution >= 0.6 is 0 Å². The van der Waals surface area contributed by atoms with Crippen LogP contribution in [0.3, 0.4) is 0 Å². The second-order valence-corrected chi connectivity index (χ2v) is 5.17. The van der Waals surface area contributed by atoms with Gasteiger partial charge in [-0.15, -0.1) is 0 Å². The molecular weight excluding hydrogens is 224 g/mol. The maximum absolute atomic E-state index is 5.95. The summed E-state index contributed by atoms with van der Waals surface area (Å²) >= 11 is 0. The largest absolute Gasteiger partial charge is 0.324 e. The molecular formula is C14H20N4. The lowest BCUT2D eigenvalue weighted by atomic mass is 10.1. The lowest BCUT2D eigenvalue weighted by Gasteiger charge is -2.19. The summed E-state index contributed by atoms with van der Waals surface area (Å²) in [6, 6.07) is 10.2. The number of hydrogen-bond donors (Lipinski definition) is 2. The van der Waals surface area contributed by atoms with Crippen molar-refractivity contribution in [3.05, 3.63) is 48.3 Å². The van der Waals surface area contributed by atoms with Gasteiger partial charge in [-0.25, -0.2) is 4.68 Å². The molecule has 0 saturated carbocycles. The molecule has 1 heterocycles. The van der Waals surface area contributed by atoms with E-state index in [2.05, 4.69) is 22.5 Å². The molecule has 1 aromatic heterocycles. The molecule has 0 bridgehead atoms. The zero-order valence-electron chi connectivity index (χ0n) is 10.9. The summed E-state index contributed by atoms with van der Waals surface area (Å²) < 4.78 is 1.88. The molecule has 0 aliphatic heterocycles. The number of nitrogens with one attached hydrogen (secondary N) is 1. The molecule has 3 N–H and O–H groups in total. The van der Waals surface area contributed by atoms with Gasteiger partial charge in [0.15, 0.2) is 0 Å². The number of benzene rings is 1. The predicted octanol–water partition coefficient (Wildman–Crippen LogP) is 1.70. The van der Waals surface area contributed by atoms with Crippen molar-refractivity contribution < 1.29 is 0 Å². The molecule has 18 heavy (non-hydrogen) atoms. The smallest absolute Gasteiger partial charge is 0.0690 e. The molecule has 4 heteroatoms. The standard InChI is InChI=1S/C14H20N4/c1-14(2,15)11-16-10-12-6-3-4-7-13(12)18-9-5-8-17-18/h3-9,16H,10-11,15H2,1-2H3. The van der Waals surface area contributed by atoms with E-state index in [0.717, 1.165) is 18.8 Å². The Morgan fingerprint density at radius 2 is 2.06 bits per heavy atom. The van der Waals surface area contributed by atoms with Crippen LogP contribution in [-0.2, 0) is 6.54 Å². The van der Waals surface area contributed by atoms with Crippen molar-refractivity contribution in [1.29, 1.82) is 0 Å². The number of hydrogen-bond acceptors (Lipinski definition) is 3. The first-order chi connectivity index (χ1) is 8.56. The third-order valence-electron chi connectivity index (χ3n) is 2.64. The molecule has 0 radical (unpaired) electrons. The average molecular weight is 244 g/mol. The van der Waals surface area contributed by atoms with E-state index in [9.17, 15) is 0 Å². The van der Waals surface area contributed by atoms with Gasteiger partial charge in [0.25, 0.3) is 0 Å². The van der Waals surface area contributed by atoms with Crippen molar-refractivity contribution in [2.24, 2.45) is 5.73 Å². The van der Waals surface area contributed by atoms with Gasteiger partial charge in [-0.1, -0.05) is 18.2 Å². The maximum Gasteiger partial charge on any atom is 0.0690 e. The van der Waals surface area contributed by atoms with E-state index in [0.29, 0.717) is 0 Å². The Balaban J connectivity index is 2.09. The molecule has 0 saturated heterocycles. The molecule has 0 amide bonds. The van der Waals surface area contributed by atoms with E-state index in [1.807, 2.05) is 42.9 Å². The normalized spacial score (nSPS) is 11.7. The summed E-state index contributed by atoms with van der Waals surface area (Å²) in [7, 11) is 0. The van der Waals surface area contributed by atoms with Crippen molar-refractivity contribution in [3.8, 4) is 5.69 Å². The van der Waals surface area contributed by atoms with Crippen LogP contribution in [0.2, 0.25) is 0 Å². The third kappa shape index (κ3) is 3.42. The monoisotopic (exact) mass is 244 g/mol. The Kier molecular flexibility index (Phi) is 3.79. The molecule has 2 rings (SSSR count). The molecule has 0 fully saturated rings. The van der Waals surface area contributed by atoms with Gasteiger partial charge >= 0.3 is 0 Å².